The molecule has 1 N–H and O–H groups in total. The van der Waals surface area contributed by atoms with Crippen LogP contribution in [-0.2, 0) is 26.2 Å². The summed E-state index contributed by atoms with van der Waals surface area (Å²) in [6, 6.07) is 19.7. The third-order valence-corrected chi connectivity index (χ3v) is 8.60. The summed E-state index contributed by atoms with van der Waals surface area (Å²) in [6.45, 7) is 6.84. The largest absolute Gasteiger partial charge is 0.352 e. The van der Waals surface area contributed by atoms with Gasteiger partial charge < -0.3 is 10.2 Å². The van der Waals surface area contributed by atoms with Crippen LogP contribution in [-0.4, -0.2) is 43.8 Å². The van der Waals surface area contributed by atoms with E-state index in [0.29, 0.717) is 10.2 Å². The van der Waals surface area contributed by atoms with Crippen molar-refractivity contribution in [3.05, 3.63) is 92.9 Å². The van der Waals surface area contributed by atoms with Gasteiger partial charge in [0.05, 0.1) is 10.6 Å². The Morgan fingerprint density at radius 1 is 0.895 bits per heavy atom. The number of sulfonamides is 1. The highest BCUT2D eigenvalue weighted by Crippen LogP contribution is 2.27. The maximum Gasteiger partial charge on any atom is 0.264 e. The average molecular weight is 665 g/mol. The second-order valence-electron chi connectivity index (χ2n) is 9.30. The van der Waals surface area contributed by atoms with Crippen LogP contribution in [0.3, 0.4) is 0 Å². The van der Waals surface area contributed by atoms with Gasteiger partial charge in [-0.1, -0.05) is 67.8 Å². The zero-order valence-corrected chi connectivity index (χ0v) is 25.7. The van der Waals surface area contributed by atoms with Gasteiger partial charge in [-0.3, -0.25) is 13.9 Å². The van der Waals surface area contributed by atoms with Gasteiger partial charge in [0.15, 0.2) is 0 Å². The van der Waals surface area contributed by atoms with Gasteiger partial charge in [-0.25, -0.2) is 8.42 Å². The van der Waals surface area contributed by atoms with E-state index in [4.69, 9.17) is 0 Å². The first-order valence-electron chi connectivity index (χ1n) is 12.1. The van der Waals surface area contributed by atoms with Gasteiger partial charge >= 0.3 is 0 Å². The summed E-state index contributed by atoms with van der Waals surface area (Å²) < 4.78 is 30.2. The van der Waals surface area contributed by atoms with E-state index in [1.165, 1.54) is 17.0 Å². The summed E-state index contributed by atoms with van der Waals surface area (Å²) in [4.78, 5) is 28.3. The fraction of sp³-hybridized carbons (Fsp3) is 0.286. The predicted octanol–water partition coefficient (Wildman–Crippen LogP) is 5.66. The van der Waals surface area contributed by atoms with Crippen molar-refractivity contribution in [2.75, 3.05) is 10.8 Å². The normalized spacial score (nSPS) is 12.2. The van der Waals surface area contributed by atoms with Crippen LogP contribution in [0.2, 0.25) is 0 Å². The molecule has 0 bridgehead atoms. The topological polar surface area (TPSA) is 86.8 Å². The van der Waals surface area contributed by atoms with Gasteiger partial charge in [0.1, 0.15) is 12.6 Å². The highest BCUT2D eigenvalue weighted by Gasteiger charge is 2.32. The monoisotopic (exact) mass is 663 g/mol. The fourth-order valence-corrected chi connectivity index (χ4v) is 6.06. The van der Waals surface area contributed by atoms with E-state index in [1.807, 2.05) is 45.0 Å². The minimum Gasteiger partial charge on any atom is -0.352 e. The Morgan fingerprint density at radius 2 is 1.50 bits per heavy atom. The highest BCUT2D eigenvalue weighted by atomic mass is 79.9. The SMILES string of the molecule is Cc1ccc(S(=O)(=O)N(CC(=O)N(Cc2cccc(Br)c2)[C@@H](C)C(=O)NC(C)C)c2cccc(Br)c2)cc1. The van der Waals surface area contributed by atoms with Gasteiger partial charge in [0.25, 0.3) is 10.0 Å². The van der Waals surface area contributed by atoms with Crippen LogP contribution < -0.4 is 9.62 Å². The number of carbonyl (C=O) groups is 2. The van der Waals surface area contributed by atoms with E-state index in [2.05, 4.69) is 37.2 Å². The smallest absolute Gasteiger partial charge is 0.264 e. The average Bonchev–Trinajstić information content (AvgIpc) is 2.85. The van der Waals surface area contributed by atoms with Gasteiger partial charge in [0, 0.05) is 21.5 Å². The summed E-state index contributed by atoms with van der Waals surface area (Å²) >= 11 is 6.85. The minimum absolute atomic E-state index is 0.0695. The first-order valence-corrected chi connectivity index (χ1v) is 15.1. The third-order valence-electron chi connectivity index (χ3n) is 5.82. The lowest BCUT2D eigenvalue weighted by molar-refractivity contribution is -0.139. The molecule has 3 rings (SSSR count). The molecule has 1 atom stereocenters. The summed E-state index contributed by atoms with van der Waals surface area (Å²) in [5.41, 5.74) is 2.04. The van der Waals surface area contributed by atoms with Crippen molar-refractivity contribution in [1.29, 1.82) is 0 Å². The molecule has 0 saturated heterocycles. The van der Waals surface area contributed by atoms with Crippen LogP contribution in [0.4, 0.5) is 5.69 Å². The van der Waals surface area contributed by atoms with Gasteiger partial charge in [-0.05, 0) is 75.7 Å². The fourth-order valence-electron chi connectivity index (χ4n) is 3.82. The number of nitrogens with one attached hydrogen (secondary N) is 1. The van der Waals surface area contributed by atoms with Gasteiger partial charge in [0.2, 0.25) is 11.8 Å². The Hall–Kier alpha value is -2.69. The first-order chi connectivity index (χ1) is 17.9. The zero-order valence-electron chi connectivity index (χ0n) is 21.7. The summed E-state index contributed by atoms with van der Waals surface area (Å²) in [7, 11) is -4.10. The second-order valence-corrected chi connectivity index (χ2v) is 13.0. The minimum atomic E-state index is -4.10. The zero-order chi connectivity index (χ0) is 28.0. The van der Waals surface area contributed by atoms with Crippen LogP contribution in [0, 0.1) is 6.92 Å². The number of aryl methyl sites for hydroxylation is 1. The standard InChI is InChI=1S/C28H31Br2N3O4S/c1-19(2)31-28(35)21(4)32(17-22-7-5-8-23(29)15-22)27(34)18-33(25-10-6-9-24(30)16-25)38(36,37)26-13-11-20(3)12-14-26/h5-16,19,21H,17-18H2,1-4H3,(H,31,35)/t21-/m0/s1. The molecule has 0 aliphatic heterocycles. The van der Waals surface area contributed by atoms with E-state index in [0.717, 1.165) is 19.9 Å². The van der Waals surface area contributed by atoms with E-state index >= 15 is 0 Å². The summed E-state index contributed by atoms with van der Waals surface area (Å²) in [5, 5.41) is 2.85. The molecule has 0 saturated carbocycles. The molecule has 3 aromatic carbocycles. The molecule has 3 aromatic rings. The summed E-state index contributed by atoms with van der Waals surface area (Å²) in [5.74, 6) is -0.828. The van der Waals surface area contributed by atoms with E-state index in [1.54, 1.807) is 43.3 Å². The van der Waals surface area contributed by atoms with E-state index in [9.17, 15) is 18.0 Å². The Morgan fingerprint density at radius 3 is 2.08 bits per heavy atom. The molecule has 0 aliphatic carbocycles. The maximum absolute atomic E-state index is 13.9. The number of anilines is 1. The molecular weight excluding hydrogens is 634 g/mol. The first kappa shape index (κ1) is 29.9. The van der Waals surface area contributed by atoms with Crippen LogP contribution in [0.25, 0.3) is 0 Å². The molecule has 2 amide bonds. The Labute approximate surface area is 241 Å². The lowest BCUT2D eigenvalue weighted by atomic mass is 10.1. The Bertz CT molecular complexity index is 1400. The van der Waals surface area contributed by atoms with Crippen molar-refractivity contribution >= 4 is 59.4 Å². The molecule has 0 spiro atoms. The Kier molecular flexibility index (Phi) is 10.1. The number of carbonyl (C=O) groups excluding carboxylic acids is 2. The van der Waals surface area contributed by atoms with Crippen LogP contribution >= 0.6 is 31.9 Å². The predicted molar refractivity (Wildman–Crippen MR) is 157 cm³/mol. The molecule has 0 unspecified atom stereocenters. The Balaban J connectivity index is 2.03. The second kappa shape index (κ2) is 12.9. The number of benzene rings is 3. The lowest BCUT2D eigenvalue weighted by Crippen LogP contribution is -2.52. The van der Waals surface area contributed by atoms with Crippen LogP contribution in [0.1, 0.15) is 31.9 Å². The lowest BCUT2D eigenvalue weighted by Gasteiger charge is -2.32. The number of hydrogen-bond acceptors (Lipinski definition) is 4. The molecule has 0 aromatic heterocycles. The number of nitrogens with zero attached hydrogens (tertiary/aromatic N) is 2. The number of hydrogen-bond donors (Lipinski definition) is 1. The molecule has 0 radical (unpaired) electrons. The number of rotatable bonds is 10. The van der Waals surface area contributed by atoms with Crippen LogP contribution in [0.5, 0.6) is 0 Å². The van der Waals surface area contributed by atoms with Crippen LogP contribution in [0.15, 0.2) is 86.6 Å². The maximum atomic E-state index is 13.9. The van der Waals surface area contributed by atoms with Crippen molar-refractivity contribution < 1.29 is 18.0 Å². The molecule has 10 heteroatoms. The molecule has 7 nitrogen and oxygen atoms in total. The van der Waals surface area contributed by atoms with E-state index < -0.39 is 28.5 Å². The number of amides is 2. The highest BCUT2D eigenvalue weighted by molar-refractivity contribution is 9.10. The molecule has 0 aliphatic rings. The van der Waals surface area contributed by atoms with Crippen molar-refractivity contribution in [3.8, 4) is 0 Å². The van der Waals surface area contributed by atoms with Crippen molar-refractivity contribution in [2.24, 2.45) is 0 Å². The molecule has 0 heterocycles. The van der Waals surface area contributed by atoms with Crippen molar-refractivity contribution in [3.63, 3.8) is 0 Å². The number of halogens is 2. The summed E-state index contributed by atoms with van der Waals surface area (Å²) in [6.07, 6.45) is 0. The molecule has 202 valence electrons. The molecular formula is C28H31Br2N3O4S. The molecule has 0 fully saturated rings. The molecule has 38 heavy (non-hydrogen) atoms. The van der Waals surface area contributed by atoms with Crippen molar-refractivity contribution in [1.82, 2.24) is 10.2 Å². The quantitative estimate of drug-likeness (QED) is 0.303. The van der Waals surface area contributed by atoms with Gasteiger partial charge in [-0.2, -0.15) is 0 Å². The third kappa shape index (κ3) is 7.68. The van der Waals surface area contributed by atoms with E-state index in [-0.39, 0.29) is 23.4 Å². The van der Waals surface area contributed by atoms with Crippen molar-refractivity contribution in [2.45, 2.75) is 51.2 Å². The van der Waals surface area contributed by atoms with Gasteiger partial charge in [-0.15, -0.1) is 0 Å².